The summed E-state index contributed by atoms with van der Waals surface area (Å²) in [7, 11) is 0. The number of hydrogen-bond acceptors (Lipinski definition) is 2. The first-order valence-corrected chi connectivity index (χ1v) is 5.34. The zero-order valence-electron chi connectivity index (χ0n) is 8.87. The van der Waals surface area contributed by atoms with Crippen LogP contribution < -0.4 is 0 Å². The van der Waals surface area contributed by atoms with Crippen LogP contribution >= 0.6 is 0 Å². The molecule has 82 valence electrons. The fourth-order valence-electron chi connectivity index (χ4n) is 1.34. The van der Waals surface area contributed by atoms with Crippen LogP contribution in [-0.2, 0) is 9.59 Å². The molecule has 0 heterocycles. The molecule has 0 radical (unpaired) electrons. The molecule has 0 bridgehead atoms. The first-order chi connectivity index (χ1) is 6.66. The Labute approximate surface area is 85.5 Å². The molecule has 0 spiro atoms. The van der Waals surface area contributed by atoms with Crippen LogP contribution in [0.2, 0.25) is 0 Å². The Bertz CT molecular complexity index is 166. The fraction of sp³-hybridized carbons (Fsp3) is 0.818. The molecule has 0 aliphatic heterocycles. The lowest BCUT2D eigenvalue weighted by Gasteiger charge is -2.02. The topological polar surface area (TPSA) is 54.4 Å². The van der Waals surface area contributed by atoms with Gasteiger partial charge in [0.25, 0.3) is 0 Å². The van der Waals surface area contributed by atoms with Crippen molar-refractivity contribution in [1.82, 2.24) is 0 Å². The van der Waals surface area contributed by atoms with Crippen LogP contribution in [0.1, 0.15) is 51.9 Å². The van der Waals surface area contributed by atoms with Crippen LogP contribution in [0.25, 0.3) is 0 Å². The molecule has 3 nitrogen and oxygen atoms in total. The number of hydrogen-bond donors (Lipinski definition) is 1. The Kier molecular flexibility index (Phi) is 8.19. The zero-order valence-corrected chi connectivity index (χ0v) is 8.87. The lowest BCUT2D eigenvalue weighted by atomic mass is 10.0. The summed E-state index contributed by atoms with van der Waals surface area (Å²) in [6.45, 7) is 1.93. The molecule has 0 aromatic rings. The molecule has 0 aromatic heterocycles. The molecule has 0 saturated carbocycles. The van der Waals surface area contributed by atoms with E-state index >= 15 is 0 Å². The zero-order chi connectivity index (χ0) is 10.8. The predicted molar refractivity (Wildman–Crippen MR) is 55.2 cm³/mol. The fourth-order valence-corrected chi connectivity index (χ4v) is 1.34. The number of unbranched alkanes of at least 4 members (excludes halogenated alkanes) is 4. The van der Waals surface area contributed by atoms with Gasteiger partial charge in [0.2, 0.25) is 0 Å². The Morgan fingerprint density at radius 1 is 1.21 bits per heavy atom. The standard InChI is InChI=1S/C11H20O3/c1-10(9-12)7-5-3-2-4-6-8-11(13)14/h9-10H,2-8H2,1H3,(H,13,14). The van der Waals surface area contributed by atoms with Gasteiger partial charge in [-0.1, -0.05) is 32.6 Å². The van der Waals surface area contributed by atoms with E-state index in [4.69, 9.17) is 5.11 Å². The van der Waals surface area contributed by atoms with Crippen LogP contribution in [0.5, 0.6) is 0 Å². The van der Waals surface area contributed by atoms with Gasteiger partial charge in [-0.15, -0.1) is 0 Å². The van der Waals surface area contributed by atoms with Gasteiger partial charge in [0.1, 0.15) is 6.29 Å². The molecular weight excluding hydrogens is 180 g/mol. The van der Waals surface area contributed by atoms with E-state index in [-0.39, 0.29) is 12.3 Å². The van der Waals surface area contributed by atoms with Gasteiger partial charge in [-0.25, -0.2) is 0 Å². The van der Waals surface area contributed by atoms with Crippen LogP contribution in [0.3, 0.4) is 0 Å². The number of rotatable bonds is 9. The molecule has 0 aromatic carbocycles. The maximum atomic E-state index is 10.3. The number of aliphatic carboxylic acids is 1. The first-order valence-electron chi connectivity index (χ1n) is 5.34. The summed E-state index contributed by atoms with van der Waals surface area (Å²) in [5.41, 5.74) is 0. The van der Waals surface area contributed by atoms with E-state index in [1.54, 1.807) is 0 Å². The molecule has 0 rings (SSSR count). The van der Waals surface area contributed by atoms with Crippen LogP contribution in [0, 0.1) is 5.92 Å². The average Bonchev–Trinajstić information content (AvgIpc) is 2.15. The van der Waals surface area contributed by atoms with Crippen molar-refractivity contribution in [3.8, 4) is 0 Å². The van der Waals surface area contributed by atoms with Crippen molar-refractivity contribution in [2.45, 2.75) is 51.9 Å². The minimum Gasteiger partial charge on any atom is -0.481 e. The quantitative estimate of drug-likeness (QED) is 0.460. The van der Waals surface area contributed by atoms with Gasteiger partial charge >= 0.3 is 5.97 Å². The normalized spacial score (nSPS) is 12.4. The van der Waals surface area contributed by atoms with Crippen LogP contribution in [0.15, 0.2) is 0 Å². The summed E-state index contributed by atoms with van der Waals surface area (Å²) in [6, 6.07) is 0. The van der Waals surface area contributed by atoms with Crippen molar-refractivity contribution >= 4 is 12.3 Å². The Hall–Kier alpha value is -0.860. The highest BCUT2D eigenvalue weighted by atomic mass is 16.4. The third kappa shape index (κ3) is 9.23. The van der Waals surface area contributed by atoms with Gasteiger partial charge < -0.3 is 9.90 Å². The summed E-state index contributed by atoms with van der Waals surface area (Å²) in [6.07, 6.45) is 7.27. The van der Waals surface area contributed by atoms with Crippen molar-refractivity contribution in [2.75, 3.05) is 0 Å². The molecular formula is C11H20O3. The van der Waals surface area contributed by atoms with E-state index in [1.165, 1.54) is 0 Å². The Morgan fingerprint density at radius 2 is 1.79 bits per heavy atom. The number of aldehydes is 1. The van der Waals surface area contributed by atoms with Crippen molar-refractivity contribution in [3.63, 3.8) is 0 Å². The minimum atomic E-state index is -0.709. The highest BCUT2D eigenvalue weighted by Crippen LogP contribution is 2.10. The molecule has 1 atom stereocenters. The Balaban J connectivity index is 3.06. The van der Waals surface area contributed by atoms with Gasteiger partial charge in [0.05, 0.1) is 0 Å². The van der Waals surface area contributed by atoms with Gasteiger partial charge in [-0.2, -0.15) is 0 Å². The molecule has 3 heteroatoms. The lowest BCUT2D eigenvalue weighted by molar-refractivity contribution is -0.137. The summed E-state index contributed by atoms with van der Waals surface area (Å²) >= 11 is 0. The summed E-state index contributed by atoms with van der Waals surface area (Å²) in [5, 5.41) is 8.38. The highest BCUT2D eigenvalue weighted by Gasteiger charge is 1.99. The largest absolute Gasteiger partial charge is 0.481 e. The molecule has 0 aliphatic rings. The van der Waals surface area contributed by atoms with Crippen molar-refractivity contribution < 1.29 is 14.7 Å². The van der Waals surface area contributed by atoms with Crippen molar-refractivity contribution in [1.29, 1.82) is 0 Å². The number of carbonyl (C=O) groups excluding carboxylic acids is 1. The molecule has 0 aliphatic carbocycles. The highest BCUT2D eigenvalue weighted by molar-refractivity contribution is 5.66. The van der Waals surface area contributed by atoms with E-state index < -0.39 is 5.97 Å². The number of carboxylic acids is 1. The maximum absolute atomic E-state index is 10.3. The average molecular weight is 200 g/mol. The van der Waals surface area contributed by atoms with E-state index in [9.17, 15) is 9.59 Å². The summed E-state index contributed by atoms with van der Waals surface area (Å²) in [5.74, 6) is -0.534. The molecule has 0 saturated heterocycles. The molecule has 1 N–H and O–H groups in total. The van der Waals surface area contributed by atoms with E-state index in [2.05, 4.69) is 0 Å². The van der Waals surface area contributed by atoms with Gasteiger partial charge in [0.15, 0.2) is 0 Å². The smallest absolute Gasteiger partial charge is 0.303 e. The predicted octanol–water partition coefficient (Wildman–Crippen LogP) is 2.64. The monoisotopic (exact) mass is 200 g/mol. The SMILES string of the molecule is CC(C=O)CCCCCCCC(=O)O. The van der Waals surface area contributed by atoms with E-state index in [0.29, 0.717) is 0 Å². The van der Waals surface area contributed by atoms with Crippen molar-refractivity contribution in [2.24, 2.45) is 5.92 Å². The second kappa shape index (κ2) is 8.73. The minimum absolute atomic E-state index is 0.175. The number of carboxylic acid groups (broad SMARTS) is 1. The molecule has 14 heavy (non-hydrogen) atoms. The third-order valence-corrected chi connectivity index (χ3v) is 2.28. The first kappa shape index (κ1) is 13.1. The van der Waals surface area contributed by atoms with Gasteiger partial charge in [-0.05, 0) is 12.8 Å². The van der Waals surface area contributed by atoms with Crippen LogP contribution in [0.4, 0.5) is 0 Å². The van der Waals surface area contributed by atoms with E-state index in [1.807, 2.05) is 6.92 Å². The molecule has 1 unspecified atom stereocenters. The van der Waals surface area contributed by atoms with Crippen molar-refractivity contribution in [3.05, 3.63) is 0 Å². The van der Waals surface area contributed by atoms with Crippen LogP contribution in [-0.4, -0.2) is 17.4 Å². The van der Waals surface area contributed by atoms with Gasteiger partial charge in [0, 0.05) is 12.3 Å². The Morgan fingerprint density at radius 3 is 2.36 bits per heavy atom. The molecule has 0 amide bonds. The maximum Gasteiger partial charge on any atom is 0.303 e. The molecule has 0 fully saturated rings. The second-order valence-electron chi connectivity index (χ2n) is 3.81. The second-order valence-corrected chi connectivity index (χ2v) is 3.81. The summed E-state index contributed by atoms with van der Waals surface area (Å²) < 4.78 is 0. The van der Waals surface area contributed by atoms with Gasteiger partial charge in [-0.3, -0.25) is 4.79 Å². The third-order valence-electron chi connectivity index (χ3n) is 2.28. The van der Waals surface area contributed by atoms with E-state index in [0.717, 1.165) is 44.8 Å². The lowest BCUT2D eigenvalue weighted by Crippen LogP contribution is -1.95. The summed E-state index contributed by atoms with van der Waals surface area (Å²) in [4.78, 5) is 20.5. The number of carbonyl (C=O) groups is 2.